The summed E-state index contributed by atoms with van der Waals surface area (Å²) < 4.78 is 7.18. The van der Waals surface area contributed by atoms with Crippen LogP contribution >= 0.6 is 0 Å². The number of epoxide rings is 1. The van der Waals surface area contributed by atoms with Crippen LogP contribution in [0.1, 0.15) is 11.1 Å². The van der Waals surface area contributed by atoms with Crippen molar-refractivity contribution < 1.29 is 4.74 Å². The van der Waals surface area contributed by atoms with Gasteiger partial charge in [0.25, 0.3) is 0 Å². The molecule has 0 amide bonds. The quantitative estimate of drug-likeness (QED) is 0.727. The highest BCUT2D eigenvalue weighted by molar-refractivity contribution is 5.16. The van der Waals surface area contributed by atoms with Crippen LogP contribution in [0.5, 0.6) is 0 Å². The third kappa shape index (κ3) is 2.31. The van der Waals surface area contributed by atoms with Crippen LogP contribution in [0.2, 0.25) is 0 Å². The molecule has 2 heterocycles. The molecular formula is C13H14N2O. The molecule has 1 aliphatic heterocycles. The molecule has 1 fully saturated rings. The average Bonchev–Trinajstić information content (AvgIpc) is 3.01. The Bertz CT molecular complexity index is 460. The van der Waals surface area contributed by atoms with Crippen LogP contribution in [0.25, 0.3) is 0 Å². The fourth-order valence-electron chi connectivity index (χ4n) is 1.82. The highest BCUT2D eigenvalue weighted by atomic mass is 16.6. The molecule has 2 aromatic rings. The van der Waals surface area contributed by atoms with Gasteiger partial charge in [-0.15, -0.1) is 0 Å². The summed E-state index contributed by atoms with van der Waals surface area (Å²) in [5.41, 5.74) is 2.54. The standard InChI is InChI=1S/C13H14N2O/c1-2-4-11(5-3-1)8-15-9-12(7-14-15)6-13-10-16-13/h1-5,7,9,13H,6,8,10H2/t13-/m0/s1. The first-order chi connectivity index (χ1) is 7.90. The van der Waals surface area contributed by atoms with E-state index in [1.54, 1.807) is 0 Å². The van der Waals surface area contributed by atoms with Crippen LogP contribution in [-0.2, 0) is 17.7 Å². The van der Waals surface area contributed by atoms with Crippen LogP contribution in [0.15, 0.2) is 42.7 Å². The molecule has 0 aliphatic carbocycles. The molecule has 0 saturated carbocycles. The van der Waals surface area contributed by atoms with Gasteiger partial charge in [-0.3, -0.25) is 4.68 Å². The Balaban J connectivity index is 1.67. The van der Waals surface area contributed by atoms with Crippen molar-refractivity contribution in [2.24, 2.45) is 0 Å². The maximum Gasteiger partial charge on any atom is 0.0851 e. The molecule has 0 radical (unpaired) electrons. The second-order valence-electron chi connectivity index (χ2n) is 4.19. The van der Waals surface area contributed by atoms with Crippen molar-refractivity contribution in [3.8, 4) is 0 Å². The molecule has 3 heteroatoms. The first kappa shape index (κ1) is 9.60. The Morgan fingerprint density at radius 1 is 1.25 bits per heavy atom. The first-order valence-corrected chi connectivity index (χ1v) is 5.57. The van der Waals surface area contributed by atoms with Crippen molar-refractivity contribution in [3.63, 3.8) is 0 Å². The highest BCUT2D eigenvalue weighted by Crippen LogP contribution is 2.15. The van der Waals surface area contributed by atoms with Gasteiger partial charge in [-0.2, -0.15) is 5.10 Å². The molecule has 1 aliphatic rings. The lowest BCUT2D eigenvalue weighted by Crippen LogP contribution is -1.99. The molecule has 1 atom stereocenters. The zero-order chi connectivity index (χ0) is 10.8. The highest BCUT2D eigenvalue weighted by Gasteiger charge is 2.23. The molecule has 0 spiro atoms. The Labute approximate surface area is 94.7 Å². The molecule has 82 valence electrons. The fraction of sp³-hybridized carbons (Fsp3) is 0.308. The molecule has 1 aromatic carbocycles. The van der Waals surface area contributed by atoms with Crippen molar-refractivity contribution in [1.82, 2.24) is 9.78 Å². The van der Waals surface area contributed by atoms with Gasteiger partial charge in [0.05, 0.1) is 25.5 Å². The van der Waals surface area contributed by atoms with Crippen molar-refractivity contribution in [1.29, 1.82) is 0 Å². The molecular weight excluding hydrogens is 200 g/mol. The monoisotopic (exact) mass is 214 g/mol. The summed E-state index contributed by atoms with van der Waals surface area (Å²) in [5.74, 6) is 0. The Kier molecular flexibility index (Phi) is 2.46. The predicted octanol–water partition coefficient (Wildman–Crippen LogP) is 1.87. The van der Waals surface area contributed by atoms with Crippen molar-refractivity contribution in [2.75, 3.05) is 6.61 Å². The third-order valence-corrected chi connectivity index (χ3v) is 2.74. The topological polar surface area (TPSA) is 30.4 Å². The zero-order valence-corrected chi connectivity index (χ0v) is 9.04. The molecule has 3 rings (SSSR count). The Hall–Kier alpha value is -1.61. The number of hydrogen-bond acceptors (Lipinski definition) is 2. The van der Waals surface area contributed by atoms with Gasteiger partial charge in [0, 0.05) is 12.6 Å². The van der Waals surface area contributed by atoms with Gasteiger partial charge >= 0.3 is 0 Å². The maximum absolute atomic E-state index is 5.20. The first-order valence-electron chi connectivity index (χ1n) is 5.57. The minimum Gasteiger partial charge on any atom is -0.373 e. The van der Waals surface area contributed by atoms with Crippen LogP contribution in [-0.4, -0.2) is 22.5 Å². The maximum atomic E-state index is 5.20. The van der Waals surface area contributed by atoms with Gasteiger partial charge in [0.1, 0.15) is 0 Å². The van der Waals surface area contributed by atoms with Crippen LogP contribution in [0.3, 0.4) is 0 Å². The summed E-state index contributed by atoms with van der Waals surface area (Å²) in [6, 6.07) is 10.4. The fourth-order valence-corrected chi connectivity index (χ4v) is 1.82. The summed E-state index contributed by atoms with van der Waals surface area (Å²) in [7, 11) is 0. The molecule has 0 bridgehead atoms. The number of benzene rings is 1. The van der Waals surface area contributed by atoms with Gasteiger partial charge < -0.3 is 4.74 Å². The molecule has 0 N–H and O–H groups in total. The normalized spacial score (nSPS) is 18.6. The minimum absolute atomic E-state index is 0.439. The smallest absolute Gasteiger partial charge is 0.0851 e. The summed E-state index contributed by atoms with van der Waals surface area (Å²) in [5, 5.41) is 4.35. The lowest BCUT2D eigenvalue weighted by Gasteiger charge is -2.00. The molecule has 1 saturated heterocycles. The molecule has 1 aromatic heterocycles. The van der Waals surface area contributed by atoms with Gasteiger partial charge in [0.15, 0.2) is 0 Å². The van der Waals surface area contributed by atoms with E-state index in [0.717, 1.165) is 19.6 Å². The molecule has 3 nitrogen and oxygen atoms in total. The van der Waals surface area contributed by atoms with E-state index in [4.69, 9.17) is 4.74 Å². The molecule has 16 heavy (non-hydrogen) atoms. The lowest BCUT2D eigenvalue weighted by molar-refractivity contribution is 0.407. The molecule has 0 unspecified atom stereocenters. The largest absolute Gasteiger partial charge is 0.373 e. The van der Waals surface area contributed by atoms with Gasteiger partial charge in [-0.05, 0) is 11.1 Å². The summed E-state index contributed by atoms with van der Waals surface area (Å²) in [4.78, 5) is 0. The van der Waals surface area contributed by atoms with Gasteiger partial charge in [0.2, 0.25) is 0 Å². The average molecular weight is 214 g/mol. The Morgan fingerprint density at radius 3 is 2.81 bits per heavy atom. The summed E-state index contributed by atoms with van der Waals surface area (Å²) >= 11 is 0. The Morgan fingerprint density at radius 2 is 2.06 bits per heavy atom. The van der Waals surface area contributed by atoms with Crippen LogP contribution < -0.4 is 0 Å². The number of hydrogen-bond donors (Lipinski definition) is 0. The van der Waals surface area contributed by atoms with Crippen molar-refractivity contribution >= 4 is 0 Å². The van der Waals surface area contributed by atoms with E-state index < -0.39 is 0 Å². The zero-order valence-electron chi connectivity index (χ0n) is 9.04. The number of nitrogens with zero attached hydrogens (tertiary/aromatic N) is 2. The summed E-state index contributed by atoms with van der Waals surface area (Å²) in [6.45, 7) is 1.75. The number of rotatable bonds is 4. The van der Waals surface area contributed by atoms with Gasteiger partial charge in [-0.1, -0.05) is 30.3 Å². The third-order valence-electron chi connectivity index (χ3n) is 2.74. The SMILES string of the molecule is c1ccc(Cn2cc(C[C@H]3CO3)cn2)cc1. The van der Waals surface area contributed by atoms with E-state index in [0.29, 0.717) is 6.10 Å². The van der Waals surface area contributed by atoms with E-state index in [2.05, 4.69) is 35.6 Å². The minimum atomic E-state index is 0.439. The van der Waals surface area contributed by atoms with Crippen molar-refractivity contribution in [2.45, 2.75) is 19.1 Å². The number of ether oxygens (including phenoxy) is 1. The van der Waals surface area contributed by atoms with E-state index in [1.807, 2.05) is 16.9 Å². The predicted molar refractivity (Wildman–Crippen MR) is 61.2 cm³/mol. The summed E-state index contributed by atoms with van der Waals surface area (Å²) in [6.07, 6.45) is 5.48. The second kappa shape index (κ2) is 4.10. The van der Waals surface area contributed by atoms with E-state index >= 15 is 0 Å². The van der Waals surface area contributed by atoms with E-state index in [-0.39, 0.29) is 0 Å². The van der Waals surface area contributed by atoms with E-state index in [1.165, 1.54) is 11.1 Å². The number of aromatic nitrogens is 2. The van der Waals surface area contributed by atoms with Crippen LogP contribution in [0.4, 0.5) is 0 Å². The lowest BCUT2D eigenvalue weighted by atomic mass is 10.2. The van der Waals surface area contributed by atoms with Gasteiger partial charge in [-0.25, -0.2) is 0 Å². The van der Waals surface area contributed by atoms with Crippen LogP contribution in [0, 0.1) is 0 Å². The van der Waals surface area contributed by atoms with Crippen molar-refractivity contribution in [3.05, 3.63) is 53.9 Å². The van der Waals surface area contributed by atoms with E-state index in [9.17, 15) is 0 Å². The second-order valence-corrected chi connectivity index (χ2v) is 4.19.